The maximum absolute atomic E-state index is 11.7. The Balaban J connectivity index is 2.67. The van der Waals surface area contributed by atoms with Gasteiger partial charge in [0.05, 0.1) is 5.52 Å². The fraction of sp³-hybridized carbons (Fsp3) is 0.167. The first-order valence-corrected chi connectivity index (χ1v) is 5.38. The average Bonchev–Trinajstić information content (AvgIpc) is 2.39. The van der Waals surface area contributed by atoms with Gasteiger partial charge in [-0.3, -0.25) is 9.78 Å². The zero-order chi connectivity index (χ0) is 13.0. The summed E-state index contributed by atoms with van der Waals surface area (Å²) in [4.78, 5) is 18.5. The first-order chi connectivity index (χ1) is 8.77. The van der Waals surface area contributed by atoms with Gasteiger partial charge in [0.25, 0.3) is 0 Å². The summed E-state index contributed by atoms with van der Waals surface area (Å²) in [7, 11) is 1.84. The third-order valence-corrected chi connectivity index (χ3v) is 2.59. The van der Waals surface area contributed by atoms with Crippen molar-refractivity contribution in [2.75, 3.05) is 7.05 Å². The summed E-state index contributed by atoms with van der Waals surface area (Å²) in [5, 5.41) is 6.86. The molecule has 6 nitrogen and oxygen atoms in total. The van der Waals surface area contributed by atoms with Crippen LogP contribution in [0.5, 0.6) is 0 Å². The van der Waals surface area contributed by atoms with Crippen molar-refractivity contribution in [1.82, 2.24) is 10.3 Å². The Labute approximate surface area is 103 Å². The van der Waals surface area contributed by atoms with Crippen molar-refractivity contribution in [1.29, 1.82) is 0 Å². The van der Waals surface area contributed by atoms with Crippen LogP contribution in [0, 0.1) is 0 Å². The number of hydrogen-bond acceptors (Lipinski definition) is 3. The first-order valence-electron chi connectivity index (χ1n) is 5.38. The molecule has 1 N–H and O–H groups in total. The first kappa shape index (κ1) is 12.0. The lowest BCUT2D eigenvalue weighted by atomic mass is 10.0. The zero-order valence-electron chi connectivity index (χ0n) is 9.79. The van der Waals surface area contributed by atoms with Gasteiger partial charge in [-0.25, -0.2) is 0 Å². The number of carbonyl (C=O) groups is 1. The van der Waals surface area contributed by atoms with Crippen molar-refractivity contribution < 1.29 is 4.79 Å². The molecule has 0 radical (unpaired) electrons. The molecule has 0 atom stereocenters. The Bertz CT molecular complexity index is 646. The molecule has 0 saturated heterocycles. The van der Waals surface area contributed by atoms with Gasteiger partial charge in [-0.1, -0.05) is 18.2 Å². The van der Waals surface area contributed by atoms with E-state index < -0.39 is 5.91 Å². The maximum Gasteiger partial charge on any atom is 0.249 e. The smallest absolute Gasteiger partial charge is 0.249 e. The van der Waals surface area contributed by atoms with Gasteiger partial charge in [-0.15, -0.1) is 0 Å². The van der Waals surface area contributed by atoms with Crippen LogP contribution in [-0.2, 0) is 6.54 Å². The lowest BCUT2D eigenvalue weighted by Crippen LogP contribution is -2.07. The SMILES string of the molecule is CNCc1ccc(C(=O)N=[N+]=[N-])c2cccnc12. The van der Waals surface area contributed by atoms with Crippen LogP contribution in [0.2, 0.25) is 0 Å². The highest BCUT2D eigenvalue weighted by molar-refractivity contribution is 6.07. The van der Waals surface area contributed by atoms with Crippen LogP contribution >= 0.6 is 0 Å². The van der Waals surface area contributed by atoms with E-state index in [2.05, 4.69) is 20.3 Å². The molecule has 90 valence electrons. The number of nitrogens with zero attached hydrogens (tertiary/aromatic N) is 4. The van der Waals surface area contributed by atoms with Crippen molar-refractivity contribution in [3.63, 3.8) is 0 Å². The molecular weight excluding hydrogens is 230 g/mol. The number of azide groups is 1. The number of nitrogens with one attached hydrogen (secondary N) is 1. The molecule has 2 aromatic rings. The molecule has 1 amide bonds. The van der Waals surface area contributed by atoms with Crippen molar-refractivity contribution in [2.24, 2.45) is 5.11 Å². The summed E-state index contributed by atoms with van der Waals surface area (Å²) in [6, 6.07) is 7.01. The molecule has 0 aliphatic heterocycles. The number of fused-ring (bicyclic) bond motifs is 1. The molecule has 0 fully saturated rings. The molecular formula is C12H11N5O. The third kappa shape index (κ3) is 2.15. The maximum atomic E-state index is 11.7. The number of carbonyl (C=O) groups excluding carboxylic acids is 1. The van der Waals surface area contributed by atoms with E-state index in [4.69, 9.17) is 5.53 Å². The molecule has 1 aromatic carbocycles. The predicted molar refractivity (Wildman–Crippen MR) is 68.0 cm³/mol. The number of benzene rings is 1. The van der Waals surface area contributed by atoms with E-state index in [1.54, 1.807) is 24.4 Å². The summed E-state index contributed by atoms with van der Waals surface area (Å²) in [6.45, 7) is 0.656. The Morgan fingerprint density at radius 2 is 2.33 bits per heavy atom. The molecule has 1 aromatic heterocycles. The van der Waals surface area contributed by atoms with Crippen molar-refractivity contribution in [3.8, 4) is 0 Å². The van der Waals surface area contributed by atoms with E-state index in [-0.39, 0.29) is 0 Å². The van der Waals surface area contributed by atoms with Crippen LogP contribution in [0.1, 0.15) is 15.9 Å². The minimum atomic E-state index is -0.591. The Morgan fingerprint density at radius 3 is 3.06 bits per heavy atom. The van der Waals surface area contributed by atoms with Gasteiger partial charge >= 0.3 is 0 Å². The van der Waals surface area contributed by atoms with Crippen LogP contribution in [0.15, 0.2) is 35.6 Å². The van der Waals surface area contributed by atoms with E-state index in [1.807, 2.05) is 13.1 Å². The Morgan fingerprint density at radius 1 is 1.50 bits per heavy atom. The normalized spacial score (nSPS) is 10.1. The Hall–Kier alpha value is -2.43. The number of hydrogen-bond donors (Lipinski definition) is 1. The van der Waals surface area contributed by atoms with E-state index in [0.717, 1.165) is 11.1 Å². The van der Waals surface area contributed by atoms with Gasteiger partial charge in [0.2, 0.25) is 5.91 Å². The topological polar surface area (TPSA) is 90.8 Å². The standard InChI is InChI=1S/C12H11N5O/c1-14-7-8-4-5-10(12(18)16-17-13)9-3-2-6-15-11(8)9/h2-6,14H,7H2,1H3. The van der Waals surface area contributed by atoms with E-state index >= 15 is 0 Å². The van der Waals surface area contributed by atoms with Crippen LogP contribution in [0.4, 0.5) is 0 Å². The summed E-state index contributed by atoms with van der Waals surface area (Å²) in [5.74, 6) is -0.591. The fourth-order valence-electron chi connectivity index (χ4n) is 1.85. The van der Waals surface area contributed by atoms with E-state index in [0.29, 0.717) is 17.5 Å². The molecule has 0 aliphatic carbocycles. The van der Waals surface area contributed by atoms with Crippen molar-refractivity contribution >= 4 is 16.8 Å². The highest BCUT2D eigenvalue weighted by Gasteiger charge is 2.11. The molecule has 1 heterocycles. The number of pyridine rings is 1. The summed E-state index contributed by atoms with van der Waals surface area (Å²) in [6.07, 6.45) is 1.67. The molecule has 0 spiro atoms. The summed E-state index contributed by atoms with van der Waals surface area (Å²) in [5.41, 5.74) is 10.4. The Kier molecular flexibility index (Phi) is 3.52. The van der Waals surface area contributed by atoms with Gasteiger partial charge in [-0.05, 0) is 29.3 Å². The minimum Gasteiger partial charge on any atom is -0.316 e. The minimum absolute atomic E-state index is 0.371. The van der Waals surface area contributed by atoms with Gasteiger partial charge in [0, 0.05) is 28.6 Å². The second-order valence-electron chi connectivity index (χ2n) is 3.70. The van der Waals surface area contributed by atoms with Crippen molar-refractivity contribution in [2.45, 2.75) is 6.54 Å². The largest absolute Gasteiger partial charge is 0.316 e. The van der Waals surface area contributed by atoms with Gasteiger partial charge in [-0.2, -0.15) is 0 Å². The van der Waals surface area contributed by atoms with Gasteiger partial charge in [0.1, 0.15) is 0 Å². The fourth-order valence-corrected chi connectivity index (χ4v) is 1.85. The second-order valence-corrected chi connectivity index (χ2v) is 3.70. The second kappa shape index (κ2) is 5.27. The van der Waals surface area contributed by atoms with Crippen LogP contribution in [0.3, 0.4) is 0 Å². The summed E-state index contributed by atoms with van der Waals surface area (Å²) < 4.78 is 0. The summed E-state index contributed by atoms with van der Waals surface area (Å²) >= 11 is 0. The third-order valence-electron chi connectivity index (χ3n) is 2.59. The van der Waals surface area contributed by atoms with E-state index in [1.165, 1.54) is 0 Å². The van der Waals surface area contributed by atoms with Crippen LogP contribution < -0.4 is 5.32 Å². The molecule has 0 bridgehead atoms. The van der Waals surface area contributed by atoms with Gasteiger partial charge in [0.15, 0.2) is 0 Å². The highest BCUT2D eigenvalue weighted by Crippen LogP contribution is 2.21. The van der Waals surface area contributed by atoms with Crippen LogP contribution in [-0.4, -0.2) is 17.9 Å². The molecule has 2 rings (SSSR count). The predicted octanol–water partition coefficient (Wildman–Crippen LogP) is 2.40. The lowest BCUT2D eigenvalue weighted by molar-refractivity contribution is 0.100. The van der Waals surface area contributed by atoms with E-state index in [9.17, 15) is 4.79 Å². The number of amides is 1. The zero-order valence-corrected chi connectivity index (χ0v) is 9.79. The highest BCUT2D eigenvalue weighted by atomic mass is 16.1. The quantitative estimate of drug-likeness (QED) is 0.508. The molecule has 18 heavy (non-hydrogen) atoms. The molecule has 0 unspecified atom stereocenters. The average molecular weight is 241 g/mol. The molecule has 0 aliphatic rings. The molecule has 6 heteroatoms. The monoisotopic (exact) mass is 241 g/mol. The number of rotatable bonds is 3. The lowest BCUT2D eigenvalue weighted by Gasteiger charge is -2.07. The van der Waals surface area contributed by atoms with Crippen LogP contribution in [0.25, 0.3) is 21.3 Å². The van der Waals surface area contributed by atoms with Crippen molar-refractivity contribution in [3.05, 3.63) is 52.0 Å². The van der Waals surface area contributed by atoms with Gasteiger partial charge < -0.3 is 5.32 Å². The molecule has 0 saturated carbocycles. The number of aromatic nitrogens is 1.